The first-order valence-electron chi connectivity index (χ1n) is 11.6. The van der Waals surface area contributed by atoms with Crippen molar-refractivity contribution in [3.8, 4) is 11.1 Å². The highest BCUT2D eigenvalue weighted by molar-refractivity contribution is 6.30. The molecule has 0 aliphatic carbocycles. The molecule has 2 aromatic carbocycles. The Hall–Kier alpha value is -3.72. The van der Waals surface area contributed by atoms with Gasteiger partial charge in [0.2, 0.25) is 0 Å². The van der Waals surface area contributed by atoms with Crippen LogP contribution in [0.5, 0.6) is 0 Å². The summed E-state index contributed by atoms with van der Waals surface area (Å²) < 4.78 is 2.48. The lowest BCUT2D eigenvalue weighted by molar-refractivity contribution is 0.277. The molecule has 4 rings (SSSR count). The third kappa shape index (κ3) is 5.57. The number of benzene rings is 2. The van der Waals surface area contributed by atoms with Gasteiger partial charge in [-0.25, -0.2) is 4.79 Å². The van der Waals surface area contributed by atoms with Crippen molar-refractivity contribution in [3.05, 3.63) is 116 Å². The molecular weight excluding hydrogens is 478 g/mol. The van der Waals surface area contributed by atoms with E-state index in [9.17, 15) is 14.7 Å². The summed E-state index contributed by atoms with van der Waals surface area (Å²) in [5.74, 6) is 0. The van der Waals surface area contributed by atoms with Crippen molar-refractivity contribution >= 4 is 17.3 Å². The minimum atomic E-state index is -0.720. The molecule has 8 nitrogen and oxygen atoms in total. The Labute approximate surface area is 213 Å². The number of nitrogens with two attached hydrogens (primary N) is 1. The summed E-state index contributed by atoms with van der Waals surface area (Å²) >= 11 is 6.02. The van der Waals surface area contributed by atoms with Crippen LogP contribution >= 0.6 is 11.6 Å². The molecule has 1 unspecified atom stereocenters. The monoisotopic (exact) mass is 505 g/mol. The van der Waals surface area contributed by atoms with Gasteiger partial charge in [0.05, 0.1) is 17.3 Å². The Morgan fingerprint density at radius 1 is 1.06 bits per heavy atom. The van der Waals surface area contributed by atoms with Gasteiger partial charge in [0.15, 0.2) is 0 Å². The van der Waals surface area contributed by atoms with E-state index in [1.54, 1.807) is 24.1 Å². The van der Waals surface area contributed by atoms with E-state index in [-0.39, 0.29) is 31.8 Å². The number of rotatable bonds is 9. The molecule has 2 aromatic heterocycles. The van der Waals surface area contributed by atoms with Gasteiger partial charge in [-0.3, -0.25) is 14.3 Å². The first-order valence-corrected chi connectivity index (χ1v) is 12.0. The molecule has 0 amide bonds. The fraction of sp³-hybridized carbons (Fsp3) is 0.222. The number of nitrogens with zero attached hydrogens (tertiary/aromatic N) is 4. The average molecular weight is 506 g/mol. The Morgan fingerprint density at radius 3 is 2.50 bits per heavy atom. The van der Waals surface area contributed by atoms with Crippen molar-refractivity contribution in [3.63, 3.8) is 0 Å². The lowest BCUT2D eigenvalue weighted by atomic mass is 10.0. The first kappa shape index (κ1) is 25.4. The number of halogens is 1. The summed E-state index contributed by atoms with van der Waals surface area (Å²) in [6.45, 7) is 0.174. The molecule has 2 heterocycles. The molecule has 0 saturated heterocycles. The molecule has 1 atom stereocenters. The highest BCUT2D eigenvalue weighted by atomic mass is 35.5. The van der Waals surface area contributed by atoms with Gasteiger partial charge < -0.3 is 20.3 Å². The molecule has 0 aliphatic heterocycles. The minimum absolute atomic E-state index is 0.0988. The van der Waals surface area contributed by atoms with E-state index in [1.165, 1.54) is 17.0 Å². The summed E-state index contributed by atoms with van der Waals surface area (Å²) in [5, 5.41) is 9.76. The van der Waals surface area contributed by atoms with Crippen LogP contribution in [-0.4, -0.2) is 25.8 Å². The van der Waals surface area contributed by atoms with Crippen molar-refractivity contribution in [1.82, 2.24) is 14.1 Å². The van der Waals surface area contributed by atoms with Gasteiger partial charge in [0, 0.05) is 32.6 Å². The normalized spacial score (nSPS) is 11.9. The summed E-state index contributed by atoms with van der Waals surface area (Å²) in [7, 11) is 1.58. The maximum Gasteiger partial charge on any atom is 0.330 e. The lowest BCUT2D eigenvalue weighted by Crippen LogP contribution is -2.45. The molecule has 36 heavy (non-hydrogen) atoms. The van der Waals surface area contributed by atoms with E-state index in [2.05, 4.69) is 4.98 Å². The Kier molecular flexibility index (Phi) is 8.00. The molecule has 0 spiro atoms. The predicted octanol–water partition coefficient (Wildman–Crippen LogP) is 3.31. The molecule has 0 bridgehead atoms. The van der Waals surface area contributed by atoms with Crippen LogP contribution in [0.15, 0.2) is 88.7 Å². The maximum atomic E-state index is 13.5. The Bertz CT molecular complexity index is 1430. The van der Waals surface area contributed by atoms with Crippen LogP contribution in [0.1, 0.15) is 23.8 Å². The number of hydrogen-bond acceptors (Lipinski definition) is 6. The second-order valence-electron chi connectivity index (χ2n) is 8.47. The van der Waals surface area contributed by atoms with Gasteiger partial charge in [-0.2, -0.15) is 0 Å². The quantitative estimate of drug-likeness (QED) is 0.338. The predicted molar refractivity (Wildman–Crippen MR) is 142 cm³/mol. The molecule has 3 N–H and O–H groups in total. The van der Waals surface area contributed by atoms with Crippen LogP contribution in [-0.2, 0) is 20.1 Å². The Morgan fingerprint density at radius 2 is 1.81 bits per heavy atom. The second-order valence-corrected chi connectivity index (χ2v) is 8.91. The molecule has 0 saturated carbocycles. The van der Waals surface area contributed by atoms with Crippen molar-refractivity contribution in [2.24, 2.45) is 12.8 Å². The summed E-state index contributed by atoms with van der Waals surface area (Å²) in [5.41, 5.74) is 9.61. The van der Waals surface area contributed by atoms with Gasteiger partial charge in [0.1, 0.15) is 11.9 Å². The second kappa shape index (κ2) is 11.3. The van der Waals surface area contributed by atoms with Gasteiger partial charge in [-0.1, -0.05) is 60.1 Å². The maximum absolute atomic E-state index is 13.5. The van der Waals surface area contributed by atoms with E-state index in [4.69, 9.17) is 17.3 Å². The van der Waals surface area contributed by atoms with Crippen LogP contribution in [0, 0.1) is 0 Å². The van der Waals surface area contributed by atoms with E-state index in [0.29, 0.717) is 10.7 Å². The summed E-state index contributed by atoms with van der Waals surface area (Å²) in [6.07, 6.45) is 2.60. The van der Waals surface area contributed by atoms with E-state index in [1.807, 2.05) is 54.6 Å². The van der Waals surface area contributed by atoms with E-state index in [0.717, 1.165) is 21.3 Å². The zero-order valence-corrected chi connectivity index (χ0v) is 20.7. The smallest absolute Gasteiger partial charge is 0.330 e. The SMILES string of the molecule is Cn1cc(N(Cc2ccc(Cl)cn2)C(N)c2cccc(-c3ccccc3)c2)c(=O)n(CCCO)c1=O. The number of hydrogen-bond donors (Lipinski definition) is 2. The third-order valence-corrected chi connectivity index (χ3v) is 6.18. The van der Waals surface area contributed by atoms with Crippen LogP contribution < -0.4 is 21.9 Å². The molecule has 0 radical (unpaired) electrons. The fourth-order valence-corrected chi connectivity index (χ4v) is 4.16. The van der Waals surface area contributed by atoms with E-state index < -0.39 is 17.4 Å². The largest absolute Gasteiger partial charge is 0.396 e. The zero-order chi connectivity index (χ0) is 25.7. The molecule has 0 fully saturated rings. The van der Waals surface area contributed by atoms with Gasteiger partial charge in [0.25, 0.3) is 5.56 Å². The number of aromatic nitrogens is 3. The highest BCUT2D eigenvalue weighted by Crippen LogP contribution is 2.27. The van der Waals surface area contributed by atoms with Gasteiger partial charge in [-0.05, 0) is 41.3 Å². The molecule has 9 heteroatoms. The minimum Gasteiger partial charge on any atom is -0.396 e. The molecule has 4 aromatic rings. The third-order valence-electron chi connectivity index (χ3n) is 5.95. The lowest BCUT2D eigenvalue weighted by Gasteiger charge is -2.31. The number of anilines is 1. The van der Waals surface area contributed by atoms with Crippen LogP contribution in [0.4, 0.5) is 5.69 Å². The van der Waals surface area contributed by atoms with Gasteiger partial charge in [-0.15, -0.1) is 0 Å². The van der Waals surface area contributed by atoms with Crippen LogP contribution in [0.3, 0.4) is 0 Å². The van der Waals surface area contributed by atoms with Crippen LogP contribution in [0.2, 0.25) is 5.02 Å². The number of pyridine rings is 1. The molecule has 0 aliphatic rings. The van der Waals surface area contributed by atoms with Crippen molar-refractivity contribution in [2.75, 3.05) is 11.5 Å². The van der Waals surface area contributed by atoms with Gasteiger partial charge >= 0.3 is 5.69 Å². The summed E-state index contributed by atoms with van der Waals surface area (Å²) in [4.78, 5) is 32.3. The van der Waals surface area contributed by atoms with E-state index >= 15 is 0 Å². The number of aliphatic hydroxyl groups is 1. The van der Waals surface area contributed by atoms with Crippen LogP contribution in [0.25, 0.3) is 11.1 Å². The standard InChI is InChI=1S/C27H28ClN5O3/c1-31-18-24(26(35)32(27(31)36)13-6-14-34)33(17-23-12-11-22(28)16-30-23)25(29)21-10-5-9-20(15-21)19-7-3-2-4-8-19/h2-5,7-12,15-16,18,25,34H,6,13-14,17,29H2,1H3. The summed E-state index contributed by atoms with van der Waals surface area (Å²) in [6, 6.07) is 21.3. The highest BCUT2D eigenvalue weighted by Gasteiger charge is 2.23. The topological polar surface area (TPSA) is 106 Å². The first-order chi connectivity index (χ1) is 17.4. The van der Waals surface area contributed by atoms with Crippen molar-refractivity contribution in [1.29, 1.82) is 0 Å². The fourth-order valence-electron chi connectivity index (χ4n) is 4.05. The Balaban J connectivity index is 1.82. The molecule has 186 valence electrons. The number of aliphatic hydroxyl groups excluding tert-OH is 1. The average Bonchev–Trinajstić information content (AvgIpc) is 2.91. The zero-order valence-electron chi connectivity index (χ0n) is 19.9. The van der Waals surface area contributed by atoms with Crippen molar-refractivity contribution < 1.29 is 5.11 Å². The number of aryl methyl sites for hydroxylation is 1. The molecular formula is C27H28ClN5O3. The van der Waals surface area contributed by atoms with Crippen molar-refractivity contribution in [2.45, 2.75) is 25.7 Å².